The van der Waals surface area contributed by atoms with Crippen LogP contribution in [-0.4, -0.2) is 15.0 Å². The van der Waals surface area contributed by atoms with Crippen molar-refractivity contribution in [2.24, 2.45) is 0 Å². The van der Waals surface area contributed by atoms with E-state index in [1.54, 1.807) is 0 Å². The van der Waals surface area contributed by atoms with Gasteiger partial charge in [-0.05, 0) is 18.2 Å². The molecule has 0 fully saturated rings. The van der Waals surface area contributed by atoms with E-state index in [9.17, 15) is 4.39 Å². The van der Waals surface area contributed by atoms with E-state index in [2.05, 4.69) is 15.0 Å². The van der Waals surface area contributed by atoms with Gasteiger partial charge in [0.25, 0.3) is 0 Å². The van der Waals surface area contributed by atoms with E-state index in [4.69, 9.17) is 17.3 Å². The van der Waals surface area contributed by atoms with Crippen molar-refractivity contribution in [3.63, 3.8) is 0 Å². The average Bonchev–Trinajstić information content (AvgIpc) is 2.17. The predicted octanol–water partition coefficient (Wildman–Crippen LogP) is 1.91. The highest BCUT2D eigenvalue weighted by Crippen LogP contribution is 2.25. The van der Waals surface area contributed by atoms with Crippen LogP contribution in [0, 0.1) is 5.82 Å². The van der Waals surface area contributed by atoms with Crippen molar-refractivity contribution in [2.45, 2.75) is 0 Å². The van der Waals surface area contributed by atoms with Crippen molar-refractivity contribution in [3.8, 4) is 11.4 Å². The first kappa shape index (κ1) is 9.79. The van der Waals surface area contributed by atoms with Crippen molar-refractivity contribution < 1.29 is 4.39 Å². The molecule has 0 aliphatic carbocycles. The molecule has 6 heteroatoms. The highest BCUT2D eigenvalue weighted by molar-refractivity contribution is 6.33. The fraction of sp³-hybridized carbons (Fsp3) is 0. The first-order chi connectivity index (χ1) is 7.16. The highest BCUT2D eigenvalue weighted by Gasteiger charge is 2.07. The van der Waals surface area contributed by atoms with Crippen molar-refractivity contribution in [3.05, 3.63) is 35.4 Å². The third kappa shape index (κ3) is 2.02. The van der Waals surface area contributed by atoms with Crippen molar-refractivity contribution >= 4 is 17.5 Å². The monoisotopic (exact) mass is 224 g/mol. The summed E-state index contributed by atoms with van der Waals surface area (Å²) in [4.78, 5) is 11.4. The van der Waals surface area contributed by atoms with Gasteiger partial charge in [0.15, 0.2) is 5.82 Å². The summed E-state index contributed by atoms with van der Waals surface area (Å²) in [6, 6.07) is 3.96. The third-order valence-electron chi connectivity index (χ3n) is 1.76. The van der Waals surface area contributed by atoms with Gasteiger partial charge in [0.1, 0.15) is 12.1 Å². The smallest absolute Gasteiger partial charge is 0.223 e. The minimum Gasteiger partial charge on any atom is -0.368 e. The second-order valence-corrected chi connectivity index (χ2v) is 3.20. The molecule has 2 aromatic rings. The van der Waals surface area contributed by atoms with Crippen LogP contribution in [0.3, 0.4) is 0 Å². The molecular weight excluding hydrogens is 219 g/mol. The summed E-state index contributed by atoms with van der Waals surface area (Å²) in [6.45, 7) is 0. The molecule has 0 bridgehead atoms. The van der Waals surface area contributed by atoms with E-state index in [1.165, 1.54) is 24.5 Å². The van der Waals surface area contributed by atoms with Crippen LogP contribution in [0.2, 0.25) is 5.02 Å². The largest absolute Gasteiger partial charge is 0.368 e. The lowest BCUT2D eigenvalue weighted by Crippen LogP contribution is -1.98. The summed E-state index contributed by atoms with van der Waals surface area (Å²) in [5.74, 6) is 0.0127. The van der Waals surface area contributed by atoms with Gasteiger partial charge in [0, 0.05) is 5.56 Å². The maximum absolute atomic E-state index is 12.8. The number of halogens is 2. The molecule has 0 unspecified atom stereocenters. The van der Waals surface area contributed by atoms with E-state index in [0.29, 0.717) is 11.4 Å². The summed E-state index contributed by atoms with van der Waals surface area (Å²) in [6.07, 6.45) is 1.28. The van der Waals surface area contributed by atoms with Crippen LogP contribution in [0.1, 0.15) is 0 Å². The van der Waals surface area contributed by atoms with E-state index in [1.807, 2.05) is 0 Å². The van der Waals surface area contributed by atoms with Gasteiger partial charge in [-0.15, -0.1) is 0 Å². The number of hydrogen-bond donors (Lipinski definition) is 1. The van der Waals surface area contributed by atoms with Crippen LogP contribution in [-0.2, 0) is 0 Å². The van der Waals surface area contributed by atoms with Crippen molar-refractivity contribution in [1.29, 1.82) is 0 Å². The van der Waals surface area contributed by atoms with E-state index >= 15 is 0 Å². The van der Waals surface area contributed by atoms with Gasteiger partial charge in [-0.25, -0.2) is 14.4 Å². The minimum atomic E-state index is -0.411. The molecule has 0 amide bonds. The Morgan fingerprint density at radius 1 is 1.27 bits per heavy atom. The molecule has 15 heavy (non-hydrogen) atoms. The molecular formula is C9H6ClFN4. The molecule has 0 radical (unpaired) electrons. The minimum absolute atomic E-state index is 0.0976. The molecule has 2 N–H and O–H groups in total. The molecule has 0 aliphatic heterocycles. The van der Waals surface area contributed by atoms with Crippen LogP contribution in [0.4, 0.5) is 10.3 Å². The van der Waals surface area contributed by atoms with Crippen molar-refractivity contribution in [2.75, 3.05) is 5.73 Å². The summed E-state index contributed by atoms with van der Waals surface area (Å²) in [7, 11) is 0. The Morgan fingerprint density at radius 2 is 2.07 bits per heavy atom. The topological polar surface area (TPSA) is 64.7 Å². The van der Waals surface area contributed by atoms with Crippen LogP contribution in [0.5, 0.6) is 0 Å². The maximum atomic E-state index is 12.8. The van der Waals surface area contributed by atoms with E-state index in [0.717, 1.165) is 0 Å². The molecule has 0 atom stereocenters. The Balaban J connectivity index is 2.54. The van der Waals surface area contributed by atoms with Gasteiger partial charge in [-0.1, -0.05) is 11.6 Å². The highest BCUT2D eigenvalue weighted by atomic mass is 35.5. The summed E-state index contributed by atoms with van der Waals surface area (Å²) >= 11 is 5.84. The Morgan fingerprint density at radius 3 is 2.73 bits per heavy atom. The third-order valence-corrected chi connectivity index (χ3v) is 2.08. The first-order valence-electron chi connectivity index (χ1n) is 4.07. The van der Waals surface area contributed by atoms with Crippen LogP contribution in [0.25, 0.3) is 11.4 Å². The summed E-state index contributed by atoms with van der Waals surface area (Å²) in [5, 5.41) is 0.237. The zero-order valence-electron chi connectivity index (χ0n) is 7.48. The standard InChI is InChI=1S/C9H6ClFN4/c10-7-3-5(11)1-2-6(7)8-13-4-14-9(12)15-8/h1-4H,(H2,12,13,14,15). The number of rotatable bonds is 1. The fourth-order valence-corrected chi connectivity index (χ4v) is 1.36. The molecule has 76 valence electrons. The van der Waals surface area contributed by atoms with Crippen LogP contribution >= 0.6 is 11.6 Å². The summed E-state index contributed by atoms with van der Waals surface area (Å²) < 4.78 is 12.8. The molecule has 1 heterocycles. The molecule has 0 spiro atoms. The SMILES string of the molecule is Nc1ncnc(-c2ccc(F)cc2Cl)n1. The van der Waals surface area contributed by atoms with Gasteiger partial charge in [0.2, 0.25) is 5.95 Å². The lowest BCUT2D eigenvalue weighted by molar-refractivity contribution is 0.628. The second-order valence-electron chi connectivity index (χ2n) is 2.79. The van der Waals surface area contributed by atoms with Crippen molar-refractivity contribution in [1.82, 2.24) is 15.0 Å². The molecule has 1 aromatic heterocycles. The van der Waals surface area contributed by atoms with Gasteiger partial charge < -0.3 is 5.73 Å². The number of anilines is 1. The Bertz CT molecular complexity index is 503. The van der Waals surface area contributed by atoms with Crippen LogP contribution < -0.4 is 5.73 Å². The Kier molecular flexibility index (Phi) is 2.47. The van der Waals surface area contributed by atoms with Gasteiger partial charge in [-0.3, -0.25) is 0 Å². The second kappa shape index (κ2) is 3.78. The lowest BCUT2D eigenvalue weighted by atomic mass is 10.2. The number of hydrogen-bond acceptors (Lipinski definition) is 4. The van der Waals surface area contributed by atoms with Gasteiger partial charge in [0.05, 0.1) is 5.02 Å². The zero-order chi connectivity index (χ0) is 10.8. The predicted molar refractivity (Wildman–Crippen MR) is 54.6 cm³/mol. The average molecular weight is 225 g/mol. The molecule has 1 aromatic carbocycles. The zero-order valence-corrected chi connectivity index (χ0v) is 8.24. The Hall–Kier alpha value is -1.75. The normalized spacial score (nSPS) is 10.3. The quantitative estimate of drug-likeness (QED) is 0.804. The fourth-order valence-electron chi connectivity index (χ4n) is 1.11. The number of aromatic nitrogens is 3. The number of nitrogen functional groups attached to an aromatic ring is 1. The van der Waals surface area contributed by atoms with Gasteiger partial charge in [-0.2, -0.15) is 4.98 Å². The Labute approximate surface area is 90.0 Å². The molecule has 0 saturated carbocycles. The number of nitrogens with zero attached hydrogens (tertiary/aromatic N) is 3. The maximum Gasteiger partial charge on any atom is 0.223 e. The van der Waals surface area contributed by atoms with Gasteiger partial charge >= 0.3 is 0 Å². The molecule has 0 aliphatic rings. The molecule has 4 nitrogen and oxygen atoms in total. The van der Waals surface area contributed by atoms with E-state index in [-0.39, 0.29) is 11.0 Å². The molecule has 0 saturated heterocycles. The van der Waals surface area contributed by atoms with Crippen LogP contribution in [0.15, 0.2) is 24.5 Å². The summed E-state index contributed by atoms with van der Waals surface area (Å²) in [5.41, 5.74) is 5.92. The first-order valence-corrected chi connectivity index (χ1v) is 4.44. The lowest BCUT2D eigenvalue weighted by Gasteiger charge is -2.02. The number of nitrogens with two attached hydrogens (primary N) is 1. The molecule has 2 rings (SSSR count). The number of benzene rings is 1. The van der Waals surface area contributed by atoms with E-state index < -0.39 is 5.82 Å².